The van der Waals surface area contributed by atoms with Crippen molar-refractivity contribution in [2.45, 2.75) is 0 Å². The van der Waals surface area contributed by atoms with Crippen molar-refractivity contribution in [3.8, 4) is 5.75 Å². The van der Waals surface area contributed by atoms with E-state index in [4.69, 9.17) is 9.47 Å². The zero-order valence-corrected chi connectivity index (χ0v) is 14.4. The fraction of sp³-hybridized carbons (Fsp3) is 0.375. The van der Waals surface area contributed by atoms with Gasteiger partial charge in [-0.25, -0.2) is 5.43 Å². The van der Waals surface area contributed by atoms with Gasteiger partial charge in [-0.1, -0.05) is 12.7 Å². The van der Waals surface area contributed by atoms with E-state index in [0.29, 0.717) is 26.4 Å². The number of hydrogen-bond acceptors (Lipinski definition) is 5. The molecule has 124 valence electrons. The Morgan fingerprint density at radius 2 is 2.26 bits per heavy atom. The van der Waals surface area contributed by atoms with Gasteiger partial charge in [-0.15, -0.1) is 0 Å². The second-order valence-corrected chi connectivity index (χ2v) is 5.83. The van der Waals surface area contributed by atoms with Crippen molar-refractivity contribution in [2.24, 2.45) is 5.10 Å². The average molecular weight is 382 g/mol. The summed E-state index contributed by atoms with van der Waals surface area (Å²) in [4.78, 5) is 13.8. The summed E-state index contributed by atoms with van der Waals surface area (Å²) in [5.74, 6) is 0.603. The largest absolute Gasteiger partial charge is 0.488 e. The van der Waals surface area contributed by atoms with Crippen LogP contribution < -0.4 is 10.2 Å². The number of nitrogens with zero attached hydrogens (tertiary/aromatic N) is 2. The number of morpholine rings is 1. The molecule has 0 saturated carbocycles. The summed E-state index contributed by atoms with van der Waals surface area (Å²) in [5, 5.41) is 3.98. The molecule has 0 radical (unpaired) electrons. The van der Waals surface area contributed by atoms with Crippen molar-refractivity contribution in [1.82, 2.24) is 10.3 Å². The topological polar surface area (TPSA) is 63.2 Å². The second kappa shape index (κ2) is 9.44. The average Bonchev–Trinajstić information content (AvgIpc) is 2.55. The van der Waals surface area contributed by atoms with Gasteiger partial charge in [0.1, 0.15) is 12.4 Å². The maximum atomic E-state index is 11.8. The SMILES string of the molecule is C=CCOc1ccc(/C=N/NC(=O)CN2CCOCC2)cc1Br. The molecule has 0 atom stereocenters. The molecule has 1 aromatic carbocycles. The number of benzene rings is 1. The second-order valence-electron chi connectivity index (χ2n) is 4.97. The first-order valence-corrected chi connectivity index (χ1v) is 8.13. The molecule has 1 amide bonds. The van der Waals surface area contributed by atoms with Gasteiger partial charge >= 0.3 is 0 Å². The van der Waals surface area contributed by atoms with Gasteiger partial charge in [-0.05, 0) is 39.7 Å². The normalized spacial score (nSPS) is 15.5. The Hall–Kier alpha value is -1.70. The van der Waals surface area contributed by atoms with Gasteiger partial charge in [-0.2, -0.15) is 5.10 Å². The van der Waals surface area contributed by atoms with Gasteiger partial charge < -0.3 is 9.47 Å². The molecule has 0 unspecified atom stereocenters. The Bertz CT molecular complexity index is 572. The van der Waals surface area contributed by atoms with Crippen LogP contribution in [0.25, 0.3) is 0 Å². The molecule has 1 heterocycles. The highest BCUT2D eigenvalue weighted by Gasteiger charge is 2.13. The van der Waals surface area contributed by atoms with E-state index < -0.39 is 0 Å². The molecule has 2 rings (SSSR count). The summed E-state index contributed by atoms with van der Waals surface area (Å²) in [5.41, 5.74) is 3.39. The van der Waals surface area contributed by atoms with Crippen LogP contribution >= 0.6 is 15.9 Å². The first-order valence-electron chi connectivity index (χ1n) is 7.34. The minimum atomic E-state index is -0.131. The van der Waals surface area contributed by atoms with E-state index in [1.807, 2.05) is 23.1 Å². The minimum absolute atomic E-state index is 0.131. The Morgan fingerprint density at radius 3 is 2.96 bits per heavy atom. The Balaban J connectivity index is 1.81. The van der Waals surface area contributed by atoms with E-state index in [1.54, 1.807) is 12.3 Å². The molecule has 23 heavy (non-hydrogen) atoms. The monoisotopic (exact) mass is 381 g/mol. The standard InChI is InChI=1S/C16H20BrN3O3/c1-2-7-23-15-4-3-13(10-14(15)17)11-18-19-16(21)12-20-5-8-22-9-6-20/h2-4,10-11H,1,5-9,12H2,(H,19,21)/b18-11+. The zero-order chi connectivity index (χ0) is 16.5. The Kier molecular flexibility index (Phi) is 7.25. The van der Waals surface area contributed by atoms with Crippen LogP contribution in [0, 0.1) is 0 Å². The summed E-state index contributed by atoms with van der Waals surface area (Å²) in [6.45, 7) is 7.28. The van der Waals surface area contributed by atoms with Crippen LogP contribution in [-0.4, -0.2) is 56.5 Å². The lowest BCUT2D eigenvalue weighted by atomic mass is 10.2. The van der Waals surface area contributed by atoms with Crippen molar-refractivity contribution in [3.05, 3.63) is 40.9 Å². The highest BCUT2D eigenvalue weighted by atomic mass is 79.9. The predicted octanol–water partition coefficient (Wildman–Crippen LogP) is 1.80. The van der Waals surface area contributed by atoms with Crippen molar-refractivity contribution in [1.29, 1.82) is 0 Å². The van der Waals surface area contributed by atoms with E-state index in [0.717, 1.165) is 28.9 Å². The third kappa shape index (κ3) is 6.13. The summed E-state index contributed by atoms with van der Waals surface area (Å²) in [6.07, 6.45) is 3.28. The lowest BCUT2D eigenvalue weighted by molar-refractivity contribution is -0.123. The number of amides is 1. The maximum absolute atomic E-state index is 11.8. The molecule has 6 nitrogen and oxygen atoms in total. The minimum Gasteiger partial charge on any atom is -0.488 e. The quantitative estimate of drug-likeness (QED) is 0.444. The maximum Gasteiger partial charge on any atom is 0.254 e. The van der Waals surface area contributed by atoms with Gasteiger partial charge in [0, 0.05) is 13.1 Å². The molecule has 1 fully saturated rings. The van der Waals surface area contributed by atoms with Crippen LogP contribution in [0.3, 0.4) is 0 Å². The molecule has 0 aliphatic carbocycles. The Morgan fingerprint density at radius 1 is 1.48 bits per heavy atom. The fourth-order valence-electron chi connectivity index (χ4n) is 2.04. The van der Waals surface area contributed by atoms with E-state index >= 15 is 0 Å². The number of halogens is 1. The Labute approximate surface area is 144 Å². The number of hydrogen-bond donors (Lipinski definition) is 1. The van der Waals surface area contributed by atoms with Gasteiger partial charge in [-0.3, -0.25) is 9.69 Å². The molecule has 0 bridgehead atoms. The molecule has 1 aromatic rings. The third-order valence-corrected chi connectivity index (χ3v) is 3.81. The van der Waals surface area contributed by atoms with Crippen molar-refractivity contribution in [2.75, 3.05) is 39.5 Å². The van der Waals surface area contributed by atoms with Crippen LogP contribution in [-0.2, 0) is 9.53 Å². The van der Waals surface area contributed by atoms with Gasteiger partial charge in [0.2, 0.25) is 0 Å². The molecule has 1 saturated heterocycles. The van der Waals surface area contributed by atoms with Crippen LogP contribution in [0.5, 0.6) is 5.75 Å². The van der Waals surface area contributed by atoms with Gasteiger partial charge in [0.05, 0.1) is 30.4 Å². The molecular formula is C16H20BrN3O3. The molecule has 7 heteroatoms. The first kappa shape index (κ1) is 17.7. The lowest BCUT2D eigenvalue weighted by Gasteiger charge is -2.25. The van der Waals surface area contributed by atoms with Crippen LogP contribution in [0.4, 0.5) is 0 Å². The number of carbonyl (C=O) groups excluding carboxylic acids is 1. The number of nitrogens with one attached hydrogen (secondary N) is 1. The van der Waals surface area contributed by atoms with E-state index in [-0.39, 0.29) is 5.91 Å². The van der Waals surface area contributed by atoms with E-state index in [9.17, 15) is 4.79 Å². The summed E-state index contributed by atoms with van der Waals surface area (Å²) < 4.78 is 11.5. The highest BCUT2D eigenvalue weighted by Crippen LogP contribution is 2.25. The summed E-state index contributed by atoms with van der Waals surface area (Å²) in [7, 11) is 0. The third-order valence-electron chi connectivity index (χ3n) is 3.19. The van der Waals surface area contributed by atoms with E-state index in [2.05, 4.69) is 33.0 Å². The molecule has 1 aliphatic rings. The predicted molar refractivity (Wildman–Crippen MR) is 92.8 cm³/mol. The smallest absolute Gasteiger partial charge is 0.254 e. The first-order chi connectivity index (χ1) is 11.2. The van der Waals surface area contributed by atoms with Crippen molar-refractivity contribution in [3.63, 3.8) is 0 Å². The molecule has 1 aliphatic heterocycles. The molecule has 0 spiro atoms. The van der Waals surface area contributed by atoms with Gasteiger partial charge in [0.25, 0.3) is 5.91 Å². The van der Waals surface area contributed by atoms with Crippen LogP contribution in [0.2, 0.25) is 0 Å². The number of hydrazone groups is 1. The summed E-state index contributed by atoms with van der Waals surface area (Å²) in [6, 6.07) is 5.57. The molecular weight excluding hydrogens is 362 g/mol. The van der Waals surface area contributed by atoms with Crippen LogP contribution in [0.1, 0.15) is 5.56 Å². The number of rotatable bonds is 7. The van der Waals surface area contributed by atoms with E-state index in [1.165, 1.54) is 0 Å². The zero-order valence-electron chi connectivity index (χ0n) is 12.8. The number of ether oxygens (including phenoxy) is 2. The summed E-state index contributed by atoms with van der Waals surface area (Å²) >= 11 is 3.44. The van der Waals surface area contributed by atoms with Gasteiger partial charge in [0.15, 0.2) is 0 Å². The lowest BCUT2D eigenvalue weighted by Crippen LogP contribution is -2.42. The molecule has 0 aromatic heterocycles. The van der Waals surface area contributed by atoms with Crippen molar-refractivity contribution >= 4 is 28.1 Å². The highest BCUT2D eigenvalue weighted by molar-refractivity contribution is 9.10. The fourth-order valence-corrected chi connectivity index (χ4v) is 2.55. The van der Waals surface area contributed by atoms with Crippen molar-refractivity contribution < 1.29 is 14.3 Å². The number of carbonyl (C=O) groups is 1. The van der Waals surface area contributed by atoms with Crippen LogP contribution in [0.15, 0.2) is 40.4 Å². The molecule has 1 N–H and O–H groups in total.